The summed E-state index contributed by atoms with van der Waals surface area (Å²) in [6.45, 7) is 0. The minimum atomic E-state index is -0.556. The number of fused-ring (bicyclic) bond motifs is 1. The molecule has 0 saturated heterocycles. The average Bonchev–Trinajstić information content (AvgIpc) is 3.19. The molecule has 0 unspecified atom stereocenters. The Hall–Kier alpha value is -2.68. The van der Waals surface area contributed by atoms with E-state index in [2.05, 4.69) is 10.3 Å². The van der Waals surface area contributed by atoms with Crippen LogP contribution >= 0.6 is 34.7 Å². The molecule has 2 aromatic carbocycles. The van der Waals surface area contributed by atoms with Crippen molar-refractivity contribution >= 4 is 56.5 Å². The molecule has 2 heterocycles. The van der Waals surface area contributed by atoms with E-state index in [0.717, 1.165) is 11.8 Å². The molecule has 5 nitrogen and oxygen atoms in total. The zero-order valence-corrected chi connectivity index (χ0v) is 17.2. The number of rotatable bonds is 5. The van der Waals surface area contributed by atoms with Gasteiger partial charge in [0.1, 0.15) is 10.5 Å². The molecule has 0 radical (unpaired) electrons. The van der Waals surface area contributed by atoms with Crippen molar-refractivity contribution < 1.29 is 9.18 Å². The Balaban J connectivity index is 1.61. The van der Waals surface area contributed by atoms with Crippen molar-refractivity contribution in [1.29, 1.82) is 0 Å². The van der Waals surface area contributed by atoms with Gasteiger partial charge in [-0.05, 0) is 41.8 Å². The predicted molar refractivity (Wildman–Crippen MR) is 116 cm³/mol. The van der Waals surface area contributed by atoms with Crippen LogP contribution in [0.25, 0.3) is 15.9 Å². The Morgan fingerprint density at radius 3 is 2.76 bits per heavy atom. The molecule has 0 aliphatic heterocycles. The molecular formula is C20H13ClFN3O2S2. The lowest BCUT2D eigenvalue weighted by Crippen LogP contribution is -2.22. The van der Waals surface area contributed by atoms with Crippen LogP contribution in [0.5, 0.6) is 0 Å². The third kappa shape index (κ3) is 4.19. The SMILES string of the molecule is O=C(CSc1nc2ccsc2c(=O)n1-c1ccccc1)Nc1ccc(F)c(Cl)c1. The lowest BCUT2D eigenvalue weighted by molar-refractivity contribution is -0.113. The van der Waals surface area contributed by atoms with E-state index in [1.165, 1.54) is 34.1 Å². The normalized spacial score (nSPS) is 11.0. The minimum absolute atomic E-state index is 0.0178. The number of carbonyl (C=O) groups excluding carboxylic acids is 1. The molecule has 9 heteroatoms. The summed E-state index contributed by atoms with van der Waals surface area (Å²) < 4.78 is 15.3. The van der Waals surface area contributed by atoms with Crippen LogP contribution < -0.4 is 10.9 Å². The number of halogens is 2. The van der Waals surface area contributed by atoms with Gasteiger partial charge >= 0.3 is 0 Å². The maximum Gasteiger partial charge on any atom is 0.276 e. The number of carbonyl (C=O) groups is 1. The van der Waals surface area contributed by atoms with Gasteiger partial charge in [-0.2, -0.15) is 0 Å². The molecule has 2 aromatic heterocycles. The summed E-state index contributed by atoms with van der Waals surface area (Å²) in [6, 6.07) is 14.9. The van der Waals surface area contributed by atoms with E-state index in [-0.39, 0.29) is 22.2 Å². The van der Waals surface area contributed by atoms with Gasteiger partial charge in [0.25, 0.3) is 5.56 Å². The molecule has 0 bridgehead atoms. The van der Waals surface area contributed by atoms with E-state index in [0.29, 0.717) is 26.7 Å². The van der Waals surface area contributed by atoms with Crippen molar-refractivity contribution in [2.75, 3.05) is 11.1 Å². The molecule has 0 atom stereocenters. The first kappa shape index (κ1) is 19.6. The van der Waals surface area contributed by atoms with Gasteiger partial charge in [-0.1, -0.05) is 41.6 Å². The predicted octanol–water partition coefficient (Wildman–Crippen LogP) is 4.97. The maximum absolute atomic E-state index is 13.3. The standard InChI is InChI=1S/C20H13ClFN3O2S2/c21-14-10-12(6-7-15(14)22)23-17(26)11-29-20-24-16-8-9-28-18(16)19(27)25(20)13-4-2-1-3-5-13/h1-10H,11H2,(H,23,26). The third-order valence-corrected chi connectivity index (χ3v) is 6.12. The fourth-order valence-corrected chi connectivity index (χ4v) is 4.45. The monoisotopic (exact) mass is 445 g/mol. The highest BCUT2D eigenvalue weighted by Gasteiger charge is 2.16. The van der Waals surface area contributed by atoms with Gasteiger partial charge in [0.2, 0.25) is 5.91 Å². The van der Waals surface area contributed by atoms with Crippen LogP contribution in [0.2, 0.25) is 5.02 Å². The van der Waals surface area contributed by atoms with Crippen LogP contribution in [0.1, 0.15) is 0 Å². The molecule has 0 spiro atoms. The van der Waals surface area contributed by atoms with E-state index >= 15 is 0 Å². The molecule has 1 amide bonds. The Morgan fingerprint density at radius 2 is 2.00 bits per heavy atom. The largest absolute Gasteiger partial charge is 0.325 e. The third-order valence-electron chi connectivity index (χ3n) is 4.00. The fourth-order valence-electron chi connectivity index (χ4n) is 2.69. The van der Waals surface area contributed by atoms with Gasteiger partial charge in [-0.3, -0.25) is 14.2 Å². The van der Waals surface area contributed by atoms with Crippen molar-refractivity contribution in [1.82, 2.24) is 9.55 Å². The molecule has 0 aliphatic rings. The second-order valence-corrected chi connectivity index (χ2v) is 8.24. The molecule has 1 N–H and O–H groups in total. The summed E-state index contributed by atoms with van der Waals surface area (Å²) >= 11 is 8.22. The number of thioether (sulfide) groups is 1. The lowest BCUT2D eigenvalue weighted by atomic mass is 10.3. The highest BCUT2D eigenvalue weighted by Crippen LogP contribution is 2.24. The van der Waals surface area contributed by atoms with E-state index in [9.17, 15) is 14.0 Å². The van der Waals surface area contributed by atoms with Gasteiger partial charge in [-0.15, -0.1) is 11.3 Å². The van der Waals surface area contributed by atoms with E-state index in [4.69, 9.17) is 11.6 Å². The summed E-state index contributed by atoms with van der Waals surface area (Å²) in [6.07, 6.45) is 0. The molecule has 0 aliphatic carbocycles. The summed E-state index contributed by atoms with van der Waals surface area (Å²) in [7, 11) is 0. The summed E-state index contributed by atoms with van der Waals surface area (Å²) in [5.74, 6) is -0.861. The van der Waals surface area contributed by atoms with Crippen molar-refractivity contribution in [2.24, 2.45) is 0 Å². The van der Waals surface area contributed by atoms with Gasteiger partial charge in [-0.25, -0.2) is 9.37 Å². The first-order chi connectivity index (χ1) is 14.0. The van der Waals surface area contributed by atoms with Crippen molar-refractivity contribution in [3.05, 3.63) is 81.2 Å². The zero-order valence-electron chi connectivity index (χ0n) is 14.8. The number of para-hydroxylation sites is 1. The molecular weight excluding hydrogens is 433 g/mol. The molecule has 0 fully saturated rings. The number of hydrogen-bond acceptors (Lipinski definition) is 5. The summed E-state index contributed by atoms with van der Waals surface area (Å²) in [5.41, 5.74) is 1.49. The van der Waals surface area contributed by atoms with Gasteiger partial charge in [0.15, 0.2) is 5.16 Å². The second-order valence-electron chi connectivity index (χ2n) is 5.97. The average molecular weight is 446 g/mol. The smallest absolute Gasteiger partial charge is 0.276 e. The van der Waals surface area contributed by atoms with Crippen molar-refractivity contribution in [2.45, 2.75) is 5.16 Å². The van der Waals surface area contributed by atoms with Gasteiger partial charge in [0.05, 0.1) is 22.0 Å². The second kappa shape index (κ2) is 8.36. The van der Waals surface area contributed by atoms with Gasteiger partial charge < -0.3 is 5.32 Å². The first-order valence-corrected chi connectivity index (χ1v) is 10.7. The number of aromatic nitrogens is 2. The lowest BCUT2D eigenvalue weighted by Gasteiger charge is -2.12. The Kier molecular flexibility index (Phi) is 5.66. The Labute approximate surface area is 178 Å². The number of thiophene rings is 1. The summed E-state index contributed by atoms with van der Waals surface area (Å²) in [5, 5.41) is 4.82. The maximum atomic E-state index is 13.3. The molecule has 4 aromatic rings. The Morgan fingerprint density at radius 1 is 1.21 bits per heavy atom. The van der Waals surface area contributed by atoms with Crippen LogP contribution in [0, 0.1) is 5.82 Å². The number of benzene rings is 2. The van der Waals surface area contributed by atoms with Crippen molar-refractivity contribution in [3.63, 3.8) is 0 Å². The van der Waals surface area contributed by atoms with E-state index < -0.39 is 5.82 Å². The van der Waals surface area contributed by atoms with Crippen LogP contribution in [0.3, 0.4) is 0 Å². The fraction of sp³-hybridized carbons (Fsp3) is 0.0500. The van der Waals surface area contributed by atoms with Crippen LogP contribution in [0.4, 0.5) is 10.1 Å². The van der Waals surface area contributed by atoms with Crippen LogP contribution in [-0.4, -0.2) is 21.2 Å². The quantitative estimate of drug-likeness (QED) is 0.348. The van der Waals surface area contributed by atoms with E-state index in [1.54, 1.807) is 6.07 Å². The van der Waals surface area contributed by atoms with Crippen LogP contribution in [0.15, 0.2) is 69.9 Å². The number of nitrogens with one attached hydrogen (secondary N) is 1. The highest BCUT2D eigenvalue weighted by atomic mass is 35.5. The first-order valence-electron chi connectivity index (χ1n) is 8.46. The molecule has 146 valence electrons. The number of hydrogen-bond donors (Lipinski definition) is 1. The highest BCUT2D eigenvalue weighted by molar-refractivity contribution is 7.99. The topological polar surface area (TPSA) is 64.0 Å². The van der Waals surface area contributed by atoms with Crippen molar-refractivity contribution in [3.8, 4) is 5.69 Å². The number of nitrogens with zero attached hydrogens (tertiary/aromatic N) is 2. The number of amides is 1. The van der Waals surface area contributed by atoms with E-state index in [1.807, 2.05) is 35.7 Å². The molecule has 4 rings (SSSR count). The zero-order chi connectivity index (χ0) is 20.4. The summed E-state index contributed by atoms with van der Waals surface area (Å²) in [4.78, 5) is 29.9. The Bertz CT molecular complexity index is 1260. The molecule has 0 saturated carbocycles. The van der Waals surface area contributed by atoms with Crippen LogP contribution in [-0.2, 0) is 4.79 Å². The minimum Gasteiger partial charge on any atom is -0.325 e. The molecule has 29 heavy (non-hydrogen) atoms. The van der Waals surface area contributed by atoms with Gasteiger partial charge in [0, 0.05) is 5.69 Å². The number of anilines is 1.